The van der Waals surface area contributed by atoms with Crippen LogP contribution < -0.4 is 5.73 Å². The van der Waals surface area contributed by atoms with Crippen LogP contribution in [0.5, 0.6) is 0 Å². The highest BCUT2D eigenvalue weighted by Crippen LogP contribution is 2.33. The molecule has 0 radical (unpaired) electrons. The van der Waals surface area contributed by atoms with Crippen molar-refractivity contribution >= 4 is 17.4 Å². The average Bonchev–Trinajstić information content (AvgIpc) is 2.59. The van der Waals surface area contributed by atoms with Gasteiger partial charge in [-0.05, 0) is 11.0 Å². The van der Waals surface area contributed by atoms with E-state index in [0.29, 0.717) is 10.8 Å². The Kier molecular flexibility index (Phi) is 2.87. The number of aromatic nitrogens is 1. The molecule has 17 heavy (non-hydrogen) atoms. The van der Waals surface area contributed by atoms with Crippen LogP contribution in [-0.4, -0.2) is 5.16 Å². The lowest BCUT2D eigenvalue weighted by Gasteiger charge is -2.18. The van der Waals surface area contributed by atoms with Crippen LogP contribution in [0.15, 0.2) is 28.8 Å². The lowest BCUT2D eigenvalue weighted by molar-refractivity contribution is 0.436. The number of benzene rings is 1. The van der Waals surface area contributed by atoms with Crippen LogP contribution in [0.2, 0.25) is 5.02 Å². The van der Waals surface area contributed by atoms with E-state index in [-0.39, 0.29) is 11.2 Å². The highest BCUT2D eigenvalue weighted by Gasteiger charge is 2.16. The third-order valence-electron chi connectivity index (χ3n) is 2.67. The van der Waals surface area contributed by atoms with E-state index in [1.807, 2.05) is 12.1 Å². The molecule has 4 heteroatoms. The summed E-state index contributed by atoms with van der Waals surface area (Å²) < 4.78 is 5.10. The van der Waals surface area contributed by atoms with Gasteiger partial charge in [0.25, 0.3) is 0 Å². The van der Waals surface area contributed by atoms with Crippen LogP contribution in [0.4, 0.5) is 5.82 Å². The summed E-state index contributed by atoms with van der Waals surface area (Å²) in [6, 6.07) is 8.05. The molecular weight excluding hydrogens is 236 g/mol. The number of nitrogen functional groups attached to an aromatic ring is 1. The fourth-order valence-electron chi connectivity index (χ4n) is 1.59. The van der Waals surface area contributed by atoms with Crippen molar-refractivity contribution in [3.8, 4) is 11.3 Å². The van der Waals surface area contributed by atoms with Gasteiger partial charge in [0.1, 0.15) is 5.02 Å². The predicted molar refractivity (Wildman–Crippen MR) is 70.1 cm³/mol. The highest BCUT2D eigenvalue weighted by molar-refractivity contribution is 6.35. The van der Waals surface area contributed by atoms with Crippen molar-refractivity contribution < 1.29 is 4.52 Å². The molecule has 0 aliphatic carbocycles. The minimum Gasteiger partial charge on any atom is -0.380 e. The Hall–Kier alpha value is -1.48. The second kappa shape index (κ2) is 4.08. The van der Waals surface area contributed by atoms with Crippen molar-refractivity contribution in [1.82, 2.24) is 5.16 Å². The van der Waals surface area contributed by atoms with Crippen LogP contribution in [0.25, 0.3) is 11.3 Å². The lowest BCUT2D eigenvalue weighted by atomic mass is 9.86. The normalized spacial score (nSPS) is 11.8. The van der Waals surface area contributed by atoms with Gasteiger partial charge in [0.05, 0.1) is 0 Å². The van der Waals surface area contributed by atoms with Crippen molar-refractivity contribution in [2.45, 2.75) is 26.2 Å². The van der Waals surface area contributed by atoms with E-state index in [0.717, 1.165) is 5.56 Å². The van der Waals surface area contributed by atoms with Gasteiger partial charge in [0, 0.05) is 5.56 Å². The average molecular weight is 251 g/mol. The van der Waals surface area contributed by atoms with E-state index in [2.05, 4.69) is 38.1 Å². The zero-order valence-electron chi connectivity index (χ0n) is 10.1. The first-order chi connectivity index (χ1) is 7.89. The summed E-state index contributed by atoms with van der Waals surface area (Å²) in [4.78, 5) is 0. The molecule has 2 rings (SSSR count). The molecule has 0 spiro atoms. The smallest absolute Gasteiger partial charge is 0.187 e. The topological polar surface area (TPSA) is 52.0 Å². The van der Waals surface area contributed by atoms with Crippen LogP contribution in [0.3, 0.4) is 0 Å². The summed E-state index contributed by atoms with van der Waals surface area (Å²) >= 11 is 5.99. The molecule has 0 aliphatic rings. The molecule has 1 aromatic carbocycles. The van der Waals surface area contributed by atoms with Gasteiger partial charge in [-0.1, -0.05) is 61.8 Å². The van der Waals surface area contributed by atoms with E-state index in [1.165, 1.54) is 5.56 Å². The Bertz CT molecular complexity index is 523. The van der Waals surface area contributed by atoms with Crippen molar-refractivity contribution in [2.75, 3.05) is 5.73 Å². The molecule has 90 valence electrons. The number of rotatable bonds is 1. The lowest BCUT2D eigenvalue weighted by Crippen LogP contribution is -2.10. The number of anilines is 1. The molecule has 1 aromatic heterocycles. The summed E-state index contributed by atoms with van der Waals surface area (Å²) in [6.45, 7) is 6.50. The number of nitrogens with two attached hydrogens (primary N) is 1. The van der Waals surface area contributed by atoms with Gasteiger partial charge < -0.3 is 10.3 Å². The molecule has 0 saturated carbocycles. The van der Waals surface area contributed by atoms with Crippen molar-refractivity contribution in [2.24, 2.45) is 0 Å². The van der Waals surface area contributed by atoms with Crippen LogP contribution in [-0.2, 0) is 5.41 Å². The van der Waals surface area contributed by atoms with Crippen LogP contribution in [0, 0.1) is 0 Å². The number of nitrogens with zero attached hydrogens (tertiary/aromatic N) is 1. The molecule has 0 atom stereocenters. The summed E-state index contributed by atoms with van der Waals surface area (Å²) in [5.41, 5.74) is 7.80. The fraction of sp³-hybridized carbons (Fsp3) is 0.308. The van der Waals surface area contributed by atoms with E-state index in [9.17, 15) is 0 Å². The standard InChI is InChI=1S/C13H15ClN2O/c1-13(2,3)9-6-4-8(5-7-9)11-10(14)12(15)16-17-11/h4-7H,1-3H3,(H2,15,16). The molecule has 2 N–H and O–H groups in total. The minimum absolute atomic E-state index is 0.128. The number of halogens is 1. The van der Waals surface area contributed by atoms with Crippen LogP contribution >= 0.6 is 11.6 Å². The second-order valence-electron chi connectivity index (χ2n) is 5.04. The quantitative estimate of drug-likeness (QED) is 0.836. The molecule has 0 bridgehead atoms. The fourth-order valence-corrected chi connectivity index (χ4v) is 1.77. The Balaban J connectivity index is 2.40. The number of hydrogen-bond donors (Lipinski definition) is 1. The van der Waals surface area contributed by atoms with Crippen molar-refractivity contribution in [3.05, 3.63) is 34.9 Å². The molecular formula is C13H15ClN2O. The van der Waals surface area contributed by atoms with Gasteiger partial charge in [-0.25, -0.2) is 0 Å². The molecule has 2 aromatic rings. The van der Waals surface area contributed by atoms with Gasteiger partial charge in [-0.3, -0.25) is 0 Å². The maximum Gasteiger partial charge on any atom is 0.187 e. The van der Waals surface area contributed by atoms with E-state index >= 15 is 0 Å². The Labute approximate surface area is 106 Å². The summed E-state index contributed by atoms with van der Waals surface area (Å²) in [6.07, 6.45) is 0. The summed E-state index contributed by atoms with van der Waals surface area (Å²) in [5, 5.41) is 4.00. The third-order valence-corrected chi connectivity index (χ3v) is 3.04. The zero-order valence-corrected chi connectivity index (χ0v) is 10.9. The molecule has 3 nitrogen and oxygen atoms in total. The second-order valence-corrected chi connectivity index (χ2v) is 5.42. The van der Waals surface area contributed by atoms with Gasteiger partial charge in [-0.2, -0.15) is 0 Å². The predicted octanol–water partition coefficient (Wildman–Crippen LogP) is 3.87. The zero-order chi connectivity index (χ0) is 12.6. The Morgan fingerprint density at radius 3 is 2.18 bits per heavy atom. The summed E-state index contributed by atoms with van der Waals surface area (Å²) in [5.74, 6) is 0.742. The Morgan fingerprint density at radius 2 is 1.76 bits per heavy atom. The van der Waals surface area contributed by atoms with Gasteiger partial charge in [0.2, 0.25) is 0 Å². The summed E-state index contributed by atoms with van der Waals surface area (Å²) in [7, 11) is 0. The van der Waals surface area contributed by atoms with Gasteiger partial charge in [0.15, 0.2) is 11.6 Å². The SMILES string of the molecule is CC(C)(C)c1ccc(-c2onc(N)c2Cl)cc1. The van der Waals surface area contributed by atoms with Crippen molar-refractivity contribution in [1.29, 1.82) is 0 Å². The highest BCUT2D eigenvalue weighted by atomic mass is 35.5. The largest absolute Gasteiger partial charge is 0.380 e. The molecule has 0 saturated heterocycles. The first kappa shape index (κ1) is 12.0. The van der Waals surface area contributed by atoms with Crippen molar-refractivity contribution in [3.63, 3.8) is 0 Å². The van der Waals surface area contributed by atoms with E-state index < -0.39 is 0 Å². The Morgan fingerprint density at radius 1 is 1.18 bits per heavy atom. The monoisotopic (exact) mass is 250 g/mol. The van der Waals surface area contributed by atoms with Gasteiger partial charge >= 0.3 is 0 Å². The first-order valence-corrected chi connectivity index (χ1v) is 5.79. The van der Waals surface area contributed by atoms with E-state index in [1.54, 1.807) is 0 Å². The maximum atomic E-state index is 5.99. The molecule has 0 fully saturated rings. The van der Waals surface area contributed by atoms with Gasteiger partial charge in [-0.15, -0.1) is 0 Å². The minimum atomic E-state index is 0.128. The third kappa shape index (κ3) is 2.29. The van der Waals surface area contributed by atoms with E-state index in [4.69, 9.17) is 21.9 Å². The molecule has 1 heterocycles. The molecule has 0 unspecified atom stereocenters. The maximum absolute atomic E-state index is 5.99. The molecule has 0 aliphatic heterocycles. The molecule has 0 amide bonds. The van der Waals surface area contributed by atoms with Crippen LogP contribution in [0.1, 0.15) is 26.3 Å². The first-order valence-electron chi connectivity index (χ1n) is 5.41. The number of hydrogen-bond acceptors (Lipinski definition) is 3.